The van der Waals surface area contributed by atoms with E-state index in [2.05, 4.69) is 15.7 Å². The maximum Gasteiger partial charge on any atom is 0.242 e. The van der Waals surface area contributed by atoms with Crippen LogP contribution < -0.4 is 10.6 Å². The second-order valence-corrected chi connectivity index (χ2v) is 6.48. The van der Waals surface area contributed by atoms with E-state index in [1.807, 2.05) is 19.4 Å². The monoisotopic (exact) mass is 355 g/mol. The minimum absolute atomic E-state index is 0. The molecule has 2 saturated heterocycles. The third-order valence-electron chi connectivity index (χ3n) is 5.02. The summed E-state index contributed by atoms with van der Waals surface area (Å²) >= 11 is 0. The number of nitrogens with zero attached hydrogens (tertiary/aromatic N) is 3. The van der Waals surface area contributed by atoms with Gasteiger partial charge in [0.15, 0.2) is 0 Å². The fraction of sp³-hybridized carbons (Fsp3) is 0.688. The zero-order valence-corrected chi connectivity index (χ0v) is 15.0. The van der Waals surface area contributed by atoms with Crippen molar-refractivity contribution < 1.29 is 9.59 Å². The third kappa shape index (κ3) is 3.57. The van der Waals surface area contributed by atoms with Crippen molar-refractivity contribution in [1.29, 1.82) is 0 Å². The van der Waals surface area contributed by atoms with Crippen molar-refractivity contribution in [3.8, 4) is 0 Å². The molecule has 1 aromatic rings. The topological polar surface area (TPSA) is 79.3 Å². The van der Waals surface area contributed by atoms with Gasteiger partial charge in [-0.2, -0.15) is 5.10 Å². The van der Waals surface area contributed by atoms with Gasteiger partial charge in [0, 0.05) is 45.8 Å². The van der Waals surface area contributed by atoms with Gasteiger partial charge >= 0.3 is 0 Å². The van der Waals surface area contributed by atoms with E-state index in [4.69, 9.17) is 0 Å². The number of hydrogen-bond donors (Lipinski definition) is 2. The van der Waals surface area contributed by atoms with Crippen LogP contribution in [0.15, 0.2) is 12.4 Å². The molecular weight excluding hydrogens is 330 g/mol. The Kier molecular flexibility index (Phi) is 6.23. The van der Waals surface area contributed by atoms with Crippen LogP contribution in [0.3, 0.4) is 0 Å². The lowest BCUT2D eigenvalue weighted by Crippen LogP contribution is -2.53. The first-order valence-corrected chi connectivity index (χ1v) is 8.33. The van der Waals surface area contributed by atoms with Crippen molar-refractivity contribution in [2.45, 2.75) is 31.2 Å². The molecule has 7 nitrogen and oxygen atoms in total. The van der Waals surface area contributed by atoms with Crippen molar-refractivity contribution in [2.24, 2.45) is 13.0 Å². The summed E-state index contributed by atoms with van der Waals surface area (Å²) in [6, 6.07) is -0.323. The summed E-state index contributed by atoms with van der Waals surface area (Å²) in [5.41, 5.74) is 1.09. The van der Waals surface area contributed by atoms with Crippen molar-refractivity contribution in [3.05, 3.63) is 18.0 Å². The van der Waals surface area contributed by atoms with Gasteiger partial charge < -0.3 is 15.5 Å². The number of aryl methyl sites for hydroxylation is 1. The van der Waals surface area contributed by atoms with E-state index in [1.165, 1.54) is 0 Å². The molecular formula is C16H26ClN5O2. The van der Waals surface area contributed by atoms with Gasteiger partial charge in [0.25, 0.3) is 0 Å². The summed E-state index contributed by atoms with van der Waals surface area (Å²) in [4.78, 5) is 27.0. The lowest BCUT2D eigenvalue weighted by molar-refractivity contribution is -0.145. The van der Waals surface area contributed by atoms with Crippen LogP contribution in [0.4, 0.5) is 0 Å². The van der Waals surface area contributed by atoms with Gasteiger partial charge in [-0.25, -0.2) is 0 Å². The van der Waals surface area contributed by atoms with Crippen molar-refractivity contribution >= 4 is 24.2 Å². The van der Waals surface area contributed by atoms with E-state index < -0.39 is 0 Å². The maximum atomic E-state index is 13.1. The number of rotatable bonds is 3. The molecule has 2 N–H and O–H groups in total. The Bertz CT molecular complexity index is 591. The van der Waals surface area contributed by atoms with E-state index in [9.17, 15) is 9.59 Å². The summed E-state index contributed by atoms with van der Waals surface area (Å²) in [6.45, 7) is 2.11. The molecule has 134 valence electrons. The molecule has 0 bridgehead atoms. The number of likely N-dealkylation sites (tertiary alicyclic amines) is 1. The number of likely N-dealkylation sites (N-methyl/N-ethyl adjacent to an activating group) is 1. The van der Waals surface area contributed by atoms with Gasteiger partial charge in [-0.3, -0.25) is 14.3 Å². The number of amides is 2. The van der Waals surface area contributed by atoms with Gasteiger partial charge in [0.1, 0.15) is 6.04 Å². The Balaban J connectivity index is 0.00000208. The van der Waals surface area contributed by atoms with Crippen LogP contribution >= 0.6 is 12.4 Å². The highest BCUT2D eigenvalue weighted by atomic mass is 35.5. The van der Waals surface area contributed by atoms with Gasteiger partial charge in [-0.05, 0) is 24.8 Å². The zero-order valence-electron chi connectivity index (χ0n) is 14.2. The molecule has 2 aliphatic heterocycles. The van der Waals surface area contributed by atoms with Crippen molar-refractivity contribution in [3.63, 3.8) is 0 Å². The summed E-state index contributed by atoms with van der Waals surface area (Å²) in [6.07, 6.45) is 6.53. The van der Waals surface area contributed by atoms with E-state index in [-0.39, 0.29) is 42.1 Å². The Hall–Kier alpha value is -1.60. The lowest BCUT2D eigenvalue weighted by atomic mass is 9.88. The molecule has 3 rings (SSSR count). The Morgan fingerprint density at radius 2 is 2.12 bits per heavy atom. The maximum absolute atomic E-state index is 13.1. The average Bonchev–Trinajstić information content (AvgIpc) is 3.22. The van der Waals surface area contributed by atoms with Crippen LogP contribution in [-0.4, -0.2) is 59.2 Å². The fourth-order valence-electron chi connectivity index (χ4n) is 3.77. The van der Waals surface area contributed by atoms with Crippen LogP contribution in [0, 0.1) is 5.92 Å². The van der Waals surface area contributed by atoms with Crippen LogP contribution in [0.1, 0.15) is 30.7 Å². The number of hydrogen-bond acceptors (Lipinski definition) is 4. The molecule has 2 amide bonds. The average molecular weight is 356 g/mol. The normalized spacial score (nSPS) is 26.8. The predicted molar refractivity (Wildman–Crippen MR) is 93.0 cm³/mol. The number of carbonyl (C=O) groups excluding carboxylic acids is 2. The largest absolute Gasteiger partial charge is 0.357 e. The first kappa shape index (κ1) is 18.7. The SMILES string of the molecule is CNC(=O)C1CCCCN1C(=O)[C@H]1CNC[C@@H]1c1cnn(C)c1.Cl. The second kappa shape index (κ2) is 7.98. The van der Waals surface area contributed by atoms with Crippen LogP contribution in [0.5, 0.6) is 0 Å². The van der Waals surface area contributed by atoms with Gasteiger partial charge in [-0.15, -0.1) is 12.4 Å². The highest BCUT2D eigenvalue weighted by Crippen LogP contribution is 2.31. The van der Waals surface area contributed by atoms with E-state index in [0.717, 1.165) is 31.4 Å². The molecule has 1 unspecified atom stereocenters. The molecule has 0 spiro atoms. The summed E-state index contributed by atoms with van der Waals surface area (Å²) in [5.74, 6) is 0.0482. The van der Waals surface area contributed by atoms with E-state index in [0.29, 0.717) is 13.1 Å². The van der Waals surface area contributed by atoms with Crippen LogP contribution in [0.25, 0.3) is 0 Å². The lowest BCUT2D eigenvalue weighted by Gasteiger charge is -2.36. The fourth-order valence-corrected chi connectivity index (χ4v) is 3.77. The highest BCUT2D eigenvalue weighted by molar-refractivity contribution is 5.89. The molecule has 0 radical (unpaired) electrons. The Morgan fingerprint density at radius 1 is 1.33 bits per heavy atom. The van der Waals surface area contributed by atoms with Crippen LogP contribution in [0.2, 0.25) is 0 Å². The first-order chi connectivity index (χ1) is 11.1. The molecule has 8 heteroatoms. The summed E-state index contributed by atoms with van der Waals surface area (Å²) in [5, 5.41) is 10.2. The van der Waals surface area contributed by atoms with E-state index >= 15 is 0 Å². The summed E-state index contributed by atoms with van der Waals surface area (Å²) in [7, 11) is 3.52. The molecule has 1 aromatic heterocycles. The molecule has 24 heavy (non-hydrogen) atoms. The van der Waals surface area contributed by atoms with Crippen molar-refractivity contribution in [2.75, 3.05) is 26.7 Å². The third-order valence-corrected chi connectivity index (χ3v) is 5.02. The number of aromatic nitrogens is 2. The zero-order chi connectivity index (χ0) is 16.4. The first-order valence-electron chi connectivity index (χ1n) is 8.33. The Morgan fingerprint density at radius 3 is 2.79 bits per heavy atom. The Labute approximate surface area is 148 Å². The van der Waals surface area contributed by atoms with Gasteiger partial charge in [0.2, 0.25) is 11.8 Å². The number of nitrogens with one attached hydrogen (secondary N) is 2. The molecule has 0 saturated carbocycles. The van der Waals surface area contributed by atoms with Crippen LogP contribution in [-0.2, 0) is 16.6 Å². The quantitative estimate of drug-likeness (QED) is 0.816. The molecule has 3 atom stereocenters. The second-order valence-electron chi connectivity index (χ2n) is 6.48. The minimum atomic E-state index is -0.323. The molecule has 2 aliphatic rings. The number of halogens is 1. The molecule has 3 heterocycles. The predicted octanol–water partition coefficient (Wildman–Crippen LogP) is 0.272. The summed E-state index contributed by atoms with van der Waals surface area (Å²) < 4.78 is 1.77. The minimum Gasteiger partial charge on any atom is -0.357 e. The number of carbonyl (C=O) groups is 2. The van der Waals surface area contributed by atoms with Crippen molar-refractivity contribution in [1.82, 2.24) is 25.3 Å². The van der Waals surface area contributed by atoms with E-state index in [1.54, 1.807) is 16.6 Å². The highest BCUT2D eigenvalue weighted by Gasteiger charge is 2.41. The van der Waals surface area contributed by atoms with Gasteiger partial charge in [-0.1, -0.05) is 0 Å². The van der Waals surface area contributed by atoms with Gasteiger partial charge in [0.05, 0.1) is 12.1 Å². The number of piperidine rings is 1. The molecule has 0 aromatic carbocycles. The standard InChI is InChI=1S/C16H25N5O2.ClH/c1-17-15(22)14-5-3-4-6-21(14)16(23)13-9-18-8-12(13)11-7-19-20(2)10-11;/h7,10,12-14,18H,3-6,8-9H2,1-2H3,(H,17,22);1H/t12-,13+,14?;/m1./s1. The smallest absolute Gasteiger partial charge is 0.242 e. The molecule has 2 fully saturated rings. The molecule has 0 aliphatic carbocycles.